The van der Waals surface area contributed by atoms with Gasteiger partial charge in [0.15, 0.2) is 5.65 Å². The molecular formula is C17H15FN4O3. The van der Waals surface area contributed by atoms with Crippen LogP contribution < -0.4 is 5.32 Å². The fourth-order valence-electron chi connectivity index (χ4n) is 2.43. The fourth-order valence-corrected chi connectivity index (χ4v) is 2.43. The van der Waals surface area contributed by atoms with Crippen LogP contribution >= 0.6 is 0 Å². The van der Waals surface area contributed by atoms with E-state index in [1.807, 2.05) is 0 Å². The molecule has 8 heteroatoms. The molecule has 1 aromatic carbocycles. The van der Waals surface area contributed by atoms with Gasteiger partial charge in [0.1, 0.15) is 12.4 Å². The molecule has 3 rings (SSSR count). The summed E-state index contributed by atoms with van der Waals surface area (Å²) >= 11 is 0. The van der Waals surface area contributed by atoms with Crippen LogP contribution in [0, 0.1) is 5.82 Å². The van der Waals surface area contributed by atoms with Gasteiger partial charge < -0.3 is 10.1 Å². The van der Waals surface area contributed by atoms with Crippen LogP contribution in [0.2, 0.25) is 0 Å². The Labute approximate surface area is 142 Å². The van der Waals surface area contributed by atoms with Crippen LogP contribution in [-0.2, 0) is 16.6 Å². The van der Waals surface area contributed by atoms with Gasteiger partial charge in [0.25, 0.3) is 5.91 Å². The summed E-state index contributed by atoms with van der Waals surface area (Å²) < 4.78 is 20.1. The largest absolute Gasteiger partial charge is 0.468 e. The zero-order chi connectivity index (χ0) is 18.0. The molecule has 0 atom stereocenters. The van der Waals surface area contributed by atoms with Crippen LogP contribution in [0.5, 0.6) is 0 Å². The SMILES string of the molecule is COC(=O)CNC(=O)c1cc(-c2ccccc2F)nc2c1cnn2C. The van der Waals surface area contributed by atoms with E-state index < -0.39 is 17.7 Å². The Balaban J connectivity index is 2.09. The molecule has 0 aliphatic rings. The minimum absolute atomic E-state index is 0.250. The summed E-state index contributed by atoms with van der Waals surface area (Å²) in [6.45, 7) is -0.269. The Morgan fingerprint density at radius 2 is 2.08 bits per heavy atom. The van der Waals surface area contributed by atoms with Crippen molar-refractivity contribution < 1.29 is 18.7 Å². The second-order valence-electron chi connectivity index (χ2n) is 5.30. The van der Waals surface area contributed by atoms with Crippen LogP contribution in [0.1, 0.15) is 10.4 Å². The molecule has 0 fully saturated rings. The van der Waals surface area contributed by atoms with Crippen molar-refractivity contribution in [2.24, 2.45) is 7.05 Å². The van der Waals surface area contributed by atoms with Crippen LogP contribution in [0.25, 0.3) is 22.3 Å². The predicted octanol–water partition coefficient (Wildman–Crippen LogP) is 1.68. The predicted molar refractivity (Wildman–Crippen MR) is 88.3 cm³/mol. The average molecular weight is 342 g/mol. The van der Waals surface area contributed by atoms with Gasteiger partial charge in [-0.2, -0.15) is 5.10 Å². The van der Waals surface area contributed by atoms with Crippen LogP contribution in [0.15, 0.2) is 36.5 Å². The molecule has 0 saturated carbocycles. The number of pyridine rings is 1. The minimum Gasteiger partial charge on any atom is -0.468 e. The number of aryl methyl sites for hydroxylation is 1. The van der Waals surface area contributed by atoms with E-state index in [0.717, 1.165) is 0 Å². The summed E-state index contributed by atoms with van der Waals surface area (Å²) in [7, 11) is 2.91. The van der Waals surface area contributed by atoms with Gasteiger partial charge in [-0.1, -0.05) is 12.1 Å². The number of benzene rings is 1. The first-order chi connectivity index (χ1) is 12.0. The van der Waals surface area contributed by atoms with Crippen LogP contribution in [0.3, 0.4) is 0 Å². The molecule has 25 heavy (non-hydrogen) atoms. The van der Waals surface area contributed by atoms with E-state index >= 15 is 0 Å². The first kappa shape index (κ1) is 16.6. The summed E-state index contributed by atoms with van der Waals surface area (Å²) in [6, 6.07) is 7.64. The lowest BCUT2D eigenvalue weighted by Crippen LogP contribution is -2.30. The number of amides is 1. The van der Waals surface area contributed by atoms with Crippen LogP contribution in [0.4, 0.5) is 4.39 Å². The van der Waals surface area contributed by atoms with Gasteiger partial charge in [-0.25, -0.2) is 9.37 Å². The van der Waals surface area contributed by atoms with E-state index in [9.17, 15) is 14.0 Å². The molecule has 0 radical (unpaired) electrons. The Kier molecular flexibility index (Phi) is 4.42. The van der Waals surface area contributed by atoms with Gasteiger partial charge in [0, 0.05) is 12.6 Å². The molecule has 2 heterocycles. The molecule has 7 nitrogen and oxygen atoms in total. The van der Waals surface area contributed by atoms with Gasteiger partial charge in [0.2, 0.25) is 0 Å². The quantitative estimate of drug-likeness (QED) is 0.729. The standard InChI is InChI=1S/C17H15FN4O3/c1-22-16-12(8-20-22)11(17(24)19-9-15(23)25-2)7-14(21-16)10-5-3-4-6-13(10)18/h3-8H,9H2,1-2H3,(H,19,24). The third kappa shape index (κ3) is 3.18. The minimum atomic E-state index is -0.570. The summed E-state index contributed by atoms with van der Waals surface area (Å²) in [4.78, 5) is 28.1. The summed E-state index contributed by atoms with van der Waals surface area (Å²) in [5.74, 6) is -1.51. The first-order valence-electron chi connectivity index (χ1n) is 7.44. The van der Waals surface area contributed by atoms with E-state index in [0.29, 0.717) is 16.7 Å². The lowest BCUT2D eigenvalue weighted by atomic mass is 10.1. The highest BCUT2D eigenvalue weighted by Crippen LogP contribution is 2.26. The number of nitrogens with zero attached hydrogens (tertiary/aromatic N) is 3. The number of rotatable bonds is 4. The number of ether oxygens (including phenoxy) is 1. The molecule has 0 bridgehead atoms. The normalized spacial score (nSPS) is 10.7. The van der Waals surface area contributed by atoms with Crippen molar-refractivity contribution in [2.75, 3.05) is 13.7 Å². The number of nitrogens with one attached hydrogen (secondary N) is 1. The zero-order valence-corrected chi connectivity index (χ0v) is 13.6. The Bertz CT molecular complexity index is 968. The van der Waals surface area contributed by atoms with Crippen molar-refractivity contribution in [3.63, 3.8) is 0 Å². The number of esters is 1. The highest BCUT2D eigenvalue weighted by molar-refractivity contribution is 6.07. The first-order valence-corrected chi connectivity index (χ1v) is 7.44. The van der Waals surface area contributed by atoms with E-state index in [1.165, 1.54) is 30.1 Å². The van der Waals surface area contributed by atoms with Gasteiger partial charge in [0.05, 0.1) is 30.0 Å². The molecule has 0 unspecified atom stereocenters. The van der Waals surface area contributed by atoms with Crippen molar-refractivity contribution >= 4 is 22.9 Å². The number of aromatic nitrogens is 3. The Morgan fingerprint density at radius 1 is 1.32 bits per heavy atom. The molecule has 3 aromatic rings. The number of fused-ring (bicyclic) bond motifs is 1. The van der Waals surface area contributed by atoms with Gasteiger partial charge in [-0.15, -0.1) is 0 Å². The fraction of sp³-hybridized carbons (Fsp3) is 0.176. The van der Waals surface area contributed by atoms with Gasteiger partial charge in [-0.05, 0) is 18.2 Å². The van der Waals surface area contributed by atoms with Crippen molar-refractivity contribution in [2.45, 2.75) is 0 Å². The summed E-state index contributed by atoms with van der Waals surface area (Å²) in [6.07, 6.45) is 1.50. The van der Waals surface area contributed by atoms with Gasteiger partial charge >= 0.3 is 5.97 Å². The van der Waals surface area contributed by atoms with Crippen molar-refractivity contribution in [1.29, 1.82) is 0 Å². The third-order valence-corrected chi connectivity index (χ3v) is 3.72. The number of carbonyl (C=O) groups is 2. The smallest absolute Gasteiger partial charge is 0.325 e. The second kappa shape index (κ2) is 6.68. The average Bonchev–Trinajstić information content (AvgIpc) is 3.00. The monoisotopic (exact) mass is 342 g/mol. The van der Waals surface area contributed by atoms with Crippen molar-refractivity contribution in [3.8, 4) is 11.3 Å². The number of hydrogen-bond donors (Lipinski definition) is 1. The number of halogens is 1. The molecule has 0 saturated heterocycles. The maximum atomic E-state index is 14.1. The van der Waals surface area contributed by atoms with Crippen molar-refractivity contribution in [1.82, 2.24) is 20.1 Å². The van der Waals surface area contributed by atoms with Crippen molar-refractivity contribution in [3.05, 3.63) is 47.9 Å². The van der Waals surface area contributed by atoms with Gasteiger partial charge in [-0.3, -0.25) is 14.3 Å². The maximum absolute atomic E-state index is 14.1. The van der Waals surface area contributed by atoms with E-state index in [1.54, 1.807) is 25.2 Å². The molecule has 128 valence electrons. The molecule has 0 spiro atoms. The molecule has 1 N–H and O–H groups in total. The maximum Gasteiger partial charge on any atom is 0.325 e. The lowest BCUT2D eigenvalue weighted by Gasteiger charge is -2.09. The molecule has 0 aliphatic carbocycles. The summed E-state index contributed by atoms with van der Waals surface area (Å²) in [5.41, 5.74) is 1.26. The van der Waals surface area contributed by atoms with E-state index in [2.05, 4.69) is 20.1 Å². The molecular weight excluding hydrogens is 327 g/mol. The highest BCUT2D eigenvalue weighted by Gasteiger charge is 2.18. The lowest BCUT2D eigenvalue weighted by molar-refractivity contribution is -0.139. The second-order valence-corrected chi connectivity index (χ2v) is 5.30. The van der Waals surface area contributed by atoms with E-state index in [-0.39, 0.29) is 17.7 Å². The summed E-state index contributed by atoms with van der Waals surface area (Å²) in [5, 5.41) is 7.07. The highest BCUT2D eigenvalue weighted by atomic mass is 19.1. The third-order valence-electron chi connectivity index (χ3n) is 3.72. The Hall–Kier alpha value is -3.29. The molecule has 0 aliphatic heterocycles. The molecule has 2 aromatic heterocycles. The van der Waals surface area contributed by atoms with E-state index in [4.69, 9.17) is 0 Å². The van der Waals surface area contributed by atoms with Crippen LogP contribution in [-0.4, -0.2) is 40.3 Å². The molecule has 1 amide bonds. The topological polar surface area (TPSA) is 86.1 Å². The Morgan fingerprint density at radius 3 is 2.80 bits per heavy atom. The number of carbonyl (C=O) groups excluding carboxylic acids is 2. The number of methoxy groups -OCH3 is 1. The number of hydrogen-bond acceptors (Lipinski definition) is 5. The zero-order valence-electron chi connectivity index (χ0n) is 13.6.